The van der Waals surface area contributed by atoms with Crippen molar-refractivity contribution in [3.05, 3.63) is 52.2 Å². The minimum atomic E-state index is -0.228. The summed E-state index contributed by atoms with van der Waals surface area (Å²) in [5.74, 6) is 0.756. The number of carbonyl (C=O) groups excluding carboxylic acids is 1. The Hall–Kier alpha value is -1.85. The third-order valence-corrected chi connectivity index (χ3v) is 4.05. The van der Waals surface area contributed by atoms with E-state index >= 15 is 0 Å². The summed E-state index contributed by atoms with van der Waals surface area (Å²) in [6.45, 7) is 0.418. The molecule has 1 amide bonds. The minimum Gasteiger partial charge on any atom is -0.496 e. The van der Waals surface area contributed by atoms with Gasteiger partial charge in [0.15, 0.2) is 0 Å². The molecule has 0 saturated heterocycles. The van der Waals surface area contributed by atoms with Gasteiger partial charge < -0.3 is 14.8 Å². The van der Waals surface area contributed by atoms with Crippen molar-refractivity contribution < 1.29 is 14.3 Å². The Balaban J connectivity index is 1.94. The van der Waals surface area contributed by atoms with Crippen molar-refractivity contribution in [1.82, 2.24) is 5.32 Å². The van der Waals surface area contributed by atoms with Crippen LogP contribution >= 0.6 is 11.3 Å². The van der Waals surface area contributed by atoms with E-state index in [4.69, 9.17) is 9.47 Å². The zero-order valence-corrected chi connectivity index (χ0v) is 13.0. The molecule has 0 bridgehead atoms. The second-order valence-electron chi connectivity index (χ2n) is 4.53. The quantitative estimate of drug-likeness (QED) is 0.855. The number of thiophene rings is 1. The van der Waals surface area contributed by atoms with Crippen LogP contribution < -0.4 is 10.1 Å². The molecule has 1 N–H and O–H groups in total. The second kappa shape index (κ2) is 7.81. The number of hydrogen-bond donors (Lipinski definition) is 1. The van der Waals surface area contributed by atoms with E-state index in [9.17, 15) is 4.79 Å². The van der Waals surface area contributed by atoms with Gasteiger partial charge >= 0.3 is 0 Å². The van der Waals surface area contributed by atoms with Gasteiger partial charge in [0, 0.05) is 24.1 Å². The zero-order chi connectivity index (χ0) is 15.1. The molecule has 0 spiro atoms. The maximum Gasteiger partial charge on any atom is 0.225 e. The van der Waals surface area contributed by atoms with Crippen LogP contribution in [0.25, 0.3) is 0 Å². The van der Waals surface area contributed by atoms with Crippen molar-refractivity contribution in [2.75, 3.05) is 20.8 Å². The van der Waals surface area contributed by atoms with Crippen LogP contribution in [0.2, 0.25) is 0 Å². The SMILES string of the molecule is COc1ccccc1C(CNC(=O)Cc1cccs1)OC. The number of methoxy groups -OCH3 is 2. The lowest BCUT2D eigenvalue weighted by Crippen LogP contribution is -2.30. The number of benzene rings is 1. The van der Waals surface area contributed by atoms with Gasteiger partial charge in [-0.2, -0.15) is 0 Å². The molecular formula is C16H19NO3S. The first-order valence-electron chi connectivity index (χ1n) is 6.69. The van der Waals surface area contributed by atoms with E-state index in [1.54, 1.807) is 25.6 Å². The van der Waals surface area contributed by atoms with E-state index < -0.39 is 0 Å². The molecule has 1 aromatic heterocycles. The zero-order valence-electron chi connectivity index (χ0n) is 12.2. The highest BCUT2D eigenvalue weighted by Gasteiger charge is 2.16. The maximum absolute atomic E-state index is 11.9. The molecule has 21 heavy (non-hydrogen) atoms. The van der Waals surface area contributed by atoms with Crippen molar-refractivity contribution in [2.45, 2.75) is 12.5 Å². The van der Waals surface area contributed by atoms with Gasteiger partial charge in [-0.1, -0.05) is 24.3 Å². The Morgan fingerprint density at radius 2 is 2.05 bits per heavy atom. The van der Waals surface area contributed by atoms with Crippen LogP contribution in [-0.4, -0.2) is 26.7 Å². The predicted molar refractivity (Wildman–Crippen MR) is 83.8 cm³/mol. The van der Waals surface area contributed by atoms with Crippen molar-refractivity contribution in [3.63, 3.8) is 0 Å². The first-order valence-corrected chi connectivity index (χ1v) is 7.57. The largest absolute Gasteiger partial charge is 0.496 e. The van der Waals surface area contributed by atoms with Gasteiger partial charge in [-0.15, -0.1) is 11.3 Å². The molecule has 1 heterocycles. The van der Waals surface area contributed by atoms with E-state index in [0.717, 1.165) is 16.2 Å². The molecule has 112 valence electrons. The lowest BCUT2D eigenvalue weighted by molar-refractivity contribution is -0.121. The molecule has 0 saturated carbocycles. The Morgan fingerprint density at radius 1 is 1.24 bits per heavy atom. The third-order valence-electron chi connectivity index (χ3n) is 3.17. The molecule has 5 heteroatoms. The van der Waals surface area contributed by atoms with Crippen LogP contribution in [0.3, 0.4) is 0 Å². The molecular weight excluding hydrogens is 286 g/mol. The normalized spacial score (nSPS) is 11.9. The van der Waals surface area contributed by atoms with Crippen molar-refractivity contribution in [2.24, 2.45) is 0 Å². The van der Waals surface area contributed by atoms with Crippen LogP contribution in [0.5, 0.6) is 5.75 Å². The number of nitrogens with one attached hydrogen (secondary N) is 1. The van der Waals surface area contributed by atoms with Gasteiger partial charge in [-0.05, 0) is 17.5 Å². The van der Waals surface area contributed by atoms with Gasteiger partial charge in [-0.25, -0.2) is 0 Å². The van der Waals surface area contributed by atoms with Crippen LogP contribution in [0.1, 0.15) is 16.5 Å². The highest BCUT2D eigenvalue weighted by Crippen LogP contribution is 2.26. The predicted octanol–water partition coefficient (Wildman–Crippen LogP) is 2.80. The molecule has 0 aliphatic carbocycles. The van der Waals surface area contributed by atoms with Crippen LogP contribution in [-0.2, 0) is 16.0 Å². The Kier molecular flexibility index (Phi) is 5.78. The summed E-state index contributed by atoms with van der Waals surface area (Å²) in [4.78, 5) is 13.0. The average molecular weight is 305 g/mol. The highest BCUT2D eigenvalue weighted by molar-refractivity contribution is 7.10. The molecule has 0 aliphatic rings. The highest BCUT2D eigenvalue weighted by atomic mass is 32.1. The average Bonchev–Trinajstić information content (AvgIpc) is 3.01. The number of hydrogen-bond acceptors (Lipinski definition) is 4. The van der Waals surface area contributed by atoms with Gasteiger partial charge in [-0.3, -0.25) is 4.79 Å². The molecule has 0 radical (unpaired) electrons. The van der Waals surface area contributed by atoms with Crippen LogP contribution in [0.4, 0.5) is 0 Å². The number of amides is 1. The first kappa shape index (κ1) is 15.5. The minimum absolute atomic E-state index is 0.00519. The van der Waals surface area contributed by atoms with Crippen molar-refractivity contribution in [1.29, 1.82) is 0 Å². The van der Waals surface area contributed by atoms with Gasteiger partial charge in [0.1, 0.15) is 11.9 Å². The molecule has 1 atom stereocenters. The van der Waals surface area contributed by atoms with Crippen LogP contribution in [0.15, 0.2) is 41.8 Å². The topological polar surface area (TPSA) is 47.6 Å². The van der Waals surface area contributed by atoms with E-state index in [1.807, 2.05) is 41.8 Å². The summed E-state index contributed by atoms with van der Waals surface area (Å²) in [7, 11) is 3.25. The lowest BCUT2D eigenvalue weighted by Gasteiger charge is -2.19. The molecule has 2 aromatic rings. The standard InChI is InChI=1S/C16H19NO3S/c1-19-14-8-4-3-7-13(14)15(20-2)11-17-16(18)10-12-6-5-9-21-12/h3-9,15H,10-11H2,1-2H3,(H,17,18). The number of para-hydroxylation sites is 1. The summed E-state index contributed by atoms with van der Waals surface area (Å²) >= 11 is 1.58. The summed E-state index contributed by atoms with van der Waals surface area (Å²) in [5.41, 5.74) is 0.930. The van der Waals surface area contributed by atoms with E-state index in [2.05, 4.69) is 5.32 Å². The third kappa shape index (κ3) is 4.31. The molecule has 1 aromatic carbocycles. The van der Waals surface area contributed by atoms with Gasteiger partial charge in [0.05, 0.1) is 13.5 Å². The Labute approximate surface area is 128 Å². The fourth-order valence-electron chi connectivity index (χ4n) is 2.09. The van der Waals surface area contributed by atoms with Crippen molar-refractivity contribution >= 4 is 17.2 Å². The number of rotatable bonds is 7. The van der Waals surface area contributed by atoms with E-state index in [1.165, 1.54) is 0 Å². The summed E-state index contributed by atoms with van der Waals surface area (Å²) in [6, 6.07) is 11.6. The first-order chi connectivity index (χ1) is 10.2. The second-order valence-corrected chi connectivity index (χ2v) is 5.56. The van der Waals surface area contributed by atoms with Gasteiger partial charge in [0.2, 0.25) is 5.91 Å². The Bertz CT molecular complexity index is 569. The molecule has 4 nitrogen and oxygen atoms in total. The monoisotopic (exact) mass is 305 g/mol. The summed E-state index contributed by atoms with van der Waals surface area (Å²) < 4.78 is 10.8. The van der Waals surface area contributed by atoms with Gasteiger partial charge in [0.25, 0.3) is 0 Å². The number of carbonyl (C=O) groups is 1. The summed E-state index contributed by atoms with van der Waals surface area (Å²) in [5, 5.41) is 4.88. The molecule has 0 fully saturated rings. The van der Waals surface area contributed by atoms with Crippen molar-refractivity contribution in [3.8, 4) is 5.75 Å². The van der Waals surface area contributed by atoms with E-state index in [0.29, 0.717) is 13.0 Å². The maximum atomic E-state index is 11.9. The molecule has 2 rings (SSSR count). The Morgan fingerprint density at radius 3 is 2.71 bits per heavy atom. The fourth-order valence-corrected chi connectivity index (χ4v) is 2.80. The number of ether oxygens (including phenoxy) is 2. The molecule has 0 aliphatic heterocycles. The molecule has 1 unspecified atom stereocenters. The van der Waals surface area contributed by atoms with E-state index in [-0.39, 0.29) is 12.0 Å². The smallest absolute Gasteiger partial charge is 0.225 e. The van der Waals surface area contributed by atoms with Crippen LogP contribution in [0, 0.1) is 0 Å². The lowest BCUT2D eigenvalue weighted by atomic mass is 10.1. The summed E-state index contributed by atoms with van der Waals surface area (Å²) in [6.07, 6.45) is 0.175. The fraction of sp³-hybridized carbons (Fsp3) is 0.312.